The normalized spacial score (nSPS) is 26.6. The van der Waals surface area contributed by atoms with Gasteiger partial charge in [-0.2, -0.15) is 4.99 Å². The Morgan fingerprint density at radius 2 is 2.21 bits per heavy atom. The Balaban J connectivity index is 2.08. The highest BCUT2D eigenvalue weighted by Gasteiger charge is 2.50. The number of hydrogen-bond acceptors (Lipinski definition) is 5. The number of amides is 1. The Bertz CT molecular complexity index is 810. The van der Waals surface area contributed by atoms with Crippen LogP contribution in [0.3, 0.4) is 0 Å². The van der Waals surface area contributed by atoms with Crippen molar-refractivity contribution in [3.05, 3.63) is 23.2 Å². The number of aliphatic imine (C=N–C) groups is 1. The standard InChI is InChI=1S/C15H17ClN2O4S2/c1-3-14(19)17-15-18(10-5-4-9(16)6-12(10)22-2)11-7-24(20,21)8-13(11)23-15/h4-6,11,13H,3,7-8H2,1-2H3/t11-,13-/m0/s1. The van der Waals surface area contributed by atoms with E-state index in [9.17, 15) is 13.2 Å². The lowest BCUT2D eigenvalue weighted by Gasteiger charge is -2.26. The number of methoxy groups -OCH3 is 1. The van der Waals surface area contributed by atoms with Crippen molar-refractivity contribution < 1.29 is 17.9 Å². The van der Waals surface area contributed by atoms with E-state index in [0.717, 1.165) is 0 Å². The van der Waals surface area contributed by atoms with Crippen molar-refractivity contribution in [3.63, 3.8) is 0 Å². The van der Waals surface area contributed by atoms with E-state index in [0.29, 0.717) is 28.0 Å². The summed E-state index contributed by atoms with van der Waals surface area (Å²) in [6, 6.07) is 4.87. The minimum Gasteiger partial charge on any atom is -0.495 e. The van der Waals surface area contributed by atoms with E-state index < -0.39 is 9.84 Å². The molecule has 1 amide bonds. The molecule has 2 aliphatic rings. The van der Waals surface area contributed by atoms with Gasteiger partial charge in [-0.05, 0) is 12.1 Å². The predicted molar refractivity (Wildman–Crippen MR) is 97.0 cm³/mol. The van der Waals surface area contributed by atoms with Crippen molar-refractivity contribution in [2.75, 3.05) is 23.5 Å². The van der Waals surface area contributed by atoms with Crippen molar-refractivity contribution >= 4 is 50.0 Å². The maximum Gasteiger partial charge on any atom is 0.247 e. The Kier molecular flexibility index (Phi) is 4.81. The minimum atomic E-state index is -3.10. The van der Waals surface area contributed by atoms with Gasteiger partial charge in [-0.3, -0.25) is 4.79 Å². The number of ether oxygens (including phenoxy) is 1. The highest BCUT2D eigenvalue weighted by molar-refractivity contribution is 8.16. The van der Waals surface area contributed by atoms with Crippen molar-refractivity contribution in [3.8, 4) is 5.75 Å². The third-order valence-electron chi connectivity index (χ3n) is 3.99. The van der Waals surface area contributed by atoms with Crippen LogP contribution in [-0.4, -0.2) is 49.4 Å². The van der Waals surface area contributed by atoms with Gasteiger partial charge in [0.25, 0.3) is 0 Å². The number of rotatable bonds is 3. The summed E-state index contributed by atoms with van der Waals surface area (Å²) in [7, 11) is -1.58. The van der Waals surface area contributed by atoms with Gasteiger partial charge in [0.1, 0.15) is 5.75 Å². The molecule has 0 saturated carbocycles. The third kappa shape index (κ3) is 3.27. The SMILES string of the molecule is CCC(=O)N=C1S[C@H]2CS(=O)(=O)C[C@@H]2N1c1ccc(Cl)cc1OC. The van der Waals surface area contributed by atoms with Gasteiger partial charge < -0.3 is 9.64 Å². The highest BCUT2D eigenvalue weighted by atomic mass is 35.5. The predicted octanol–water partition coefficient (Wildman–Crippen LogP) is 2.36. The molecule has 2 heterocycles. The molecule has 0 bridgehead atoms. The summed E-state index contributed by atoms with van der Waals surface area (Å²) in [5, 5.41) is 0.896. The molecule has 24 heavy (non-hydrogen) atoms. The number of carbonyl (C=O) groups excluding carboxylic acids is 1. The van der Waals surface area contributed by atoms with E-state index >= 15 is 0 Å². The maximum absolute atomic E-state index is 12.0. The lowest BCUT2D eigenvalue weighted by atomic mass is 10.2. The van der Waals surface area contributed by atoms with Gasteiger partial charge in [0.15, 0.2) is 15.0 Å². The number of nitrogens with zero attached hydrogens (tertiary/aromatic N) is 2. The molecule has 2 aliphatic heterocycles. The zero-order valence-corrected chi connectivity index (χ0v) is 15.6. The Morgan fingerprint density at radius 3 is 2.88 bits per heavy atom. The average Bonchev–Trinajstić information content (AvgIpc) is 2.98. The van der Waals surface area contributed by atoms with Crippen LogP contribution in [0.2, 0.25) is 5.02 Å². The third-order valence-corrected chi connectivity index (χ3v) is 7.44. The summed E-state index contributed by atoms with van der Waals surface area (Å²) in [5.74, 6) is 0.409. The first-order valence-electron chi connectivity index (χ1n) is 7.46. The molecule has 0 N–H and O–H groups in total. The smallest absolute Gasteiger partial charge is 0.247 e. The second-order valence-electron chi connectivity index (χ2n) is 5.63. The minimum absolute atomic E-state index is 0.0375. The van der Waals surface area contributed by atoms with Crippen LogP contribution < -0.4 is 9.64 Å². The van der Waals surface area contributed by atoms with Crippen molar-refractivity contribution in [1.82, 2.24) is 0 Å². The van der Waals surface area contributed by atoms with E-state index in [2.05, 4.69) is 4.99 Å². The van der Waals surface area contributed by atoms with E-state index in [1.807, 2.05) is 4.90 Å². The highest BCUT2D eigenvalue weighted by Crippen LogP contribution is 2.44. The maximum atomic E-state index is 12.0. The summed E-state index contributed by atoms with van der Waals surface area (Å²) in [4.78, 5) is 17.8. The molecule has 1 aromatic carbocycles. The Morgan fingerprint density at radius 1 is 1.46 bits per heavy atom. The number of sulfone groups is 1. The van der Waals surface area contributed by atoms with Crippen molar-refractivity contribution in [2.45, 2.75) is 24.6 Å². The molecule has 0 unspecified atom stereocenters. The molecule has 9 heteroatoms. The molecular formula is C15H17ClN2O4S2. The van der Waals surface area contributed by atoms with Crippen LogP contribution in [0.1, 0.15) is 13.3 Å². The summed E-state index contributed by atoms with van der Waals surface area (Å²) in [6.45, 7) is 1.74. The molecule has 0 radical (unpaired) electrons. The second kappa shape index (κ2) is 6.57. The Hall–Kier alpha value is -1.25. The van der Waals surface area contributed by atoms with Gasteiger partial charge in [0, 0.05) is 22.8 Å². The zero-order chi connectivity index (χ0) is 17.5. The van der Waals surface area contributed by atoms with Crippen molar-refractivity contribution in [2.24, 2.45) is 4.99 Å². The van der Waals surface area contributed by atoms with Gasteiger partial charge >= 0.3 is 0 Å². The molecule has 2 saturated heterocycles. The van der Waals surface area contributed by atoms with E-state index in [4.69, 9.17) is 16.3 Å². The topological polar surface area (TPSA) is 76.0 Å². The van der Waals surface area contributed by atoms with Crippen LogP contribution in [0, 0.1) is 0 Å². The first-order chi connectivity index (χ1) is 11.3. The largest absolute Gasteiger partial charge is 0.495 e. The molecule has 0 aliphatic carbocycles. The van der Waals surface area contributed by atoms with Gasteiger partial charge in [-0.15, -0.1) is 0 Å². The number of amidine groups is 1. The number of fused-ring (bicyclic) bond motifs is 1. The molecule has 0 spiro atoms. The quantitative estimate of drug-likeness (QED) is 0.791. The molecule has 6 nitrogen and oxygen atoms in total. The second-order valence-corrected chi connectivity index (χ2v) is 9.42. The van der Waals surface area contributed by atoms with Gasteiger partial charge in [-0.25, -0.2) is 8.42 Å². The molecule has 3 rings (SSSR count). The van der Waals surface area contributed by atoms with Crippen LogP contribution in [0.4, 0.5) is 5.69 Å². The van der Waals surface area contributed by atoms with Crippen LogP contribution in [0.15, 0.2) is 23.2 Å². The summed E-state index contributed by atoms with van der Waals surface area (Å²) < 4.78 is 29.4. The molecular weight excluding hydrogens is 372 g/mol. The molecule has 130 valence electrons. The van der Waals surface area contributed by atoms with Crippen LogP contribution in [0.25, 0.3) is 0 Å². The van der Waals surface area contributed by atoms with E-state index in [1.54, 1.807) is 25.1 Å². The fraction of sp³-hybridized carbons (Fsp3) is 0.467. The van der Waals surface area contributed by atoms with Crippen LogP contribution in [0.5, 0.6) is 5.75 Å². The lowest BCUT2D eigenvalue weighted by Crippen LogP contribution is -2.38. The number of thioether (sulfide) groups is 1. The summed E-state index contributed by atoms with van der Waals surface area (Å²) >= 11 is 7.36. The van der Waals surface area contributed by atoms with E-state index in [-0.39, 0.29) is 28.7 Å². The summed E-state index contributed by atoms with van der Waals surface area (Å²) in [6.07, 6.45) is 0.295. The molecule has 0 aromatic heterocycles. The molecule has 2 atom stereocenters. The van der Waals surface area contributed by atoms with Gasteiger partial charge in [0.2, 0.25) is 5.91 Å². The number of benzene rings is 1. The van der Waals surface area contributed by atoms with Crippen molar-refractivity contribution in [1.29, 1.82) is 0 Å². The van der Waals surface area contributed by atoms with E-state index in [1.165, 1.54) is 18.9 Å². The first kappa shape index (κ1) is 17.6. The Labute approximate surface area is 150 Å². The number of halogens is 1. The average molecular weight is 389 g/mol. The number of hydrogen-bond donors (Lipinski definition) is 0. The first-order valence-corrected chi connectivity index (χ1v) is 10.5. The van der Waals surface area contributed by atoms with Gasteiger partial charge in [-0.1, -0.05) is 30.3 Å². The number of anilines is 1. The van der Waals surface area contributed by atoms with Crippen LogP contribution in [-0.2, 0) is 14.6 Å². The molecule has 2 fully saturated rings. The lowest BCUT2D eigenvalue weighted by molar-refractivity contribution is -0.117. The fourth-order valence-corrected chi connectivity index (χ4v) is 6.97. The fourth-order valence-electron chi connectivity index (χ4n) is 2.88. The summed E-state index contributed by atoms with van der Waals surface area (Å²) in [5.41, 5.74) is 0.668. The molecule has 1 aromatic rings. The monoisotopic (exact) mass is 388 g/mol. The number of carbonyl (C=O) groups is 1. The zero-order valence-electron chi connectivity index (χ0n) is 13.2. The van der Waals surface area contributed by atoms with Crippen LogP contribution >= 0.6 is 23.4 Å². The van der Waals surface area contributed by atoms with Gasteiger partial charge in [0.05, 0.1) is 30.3 Å².